The molecule has 0 aromatic heterocycles. The Kier molecular flexibility index (Phi) is 5.60. The number of rotatable bonds is 5. The number of hydrogen-bond acceptors (Lipinski definition) is 1. The van der Waals surface area contributed by atoms with E-state index in [9.17, 15) is 0 Å². The van der Waals surface area contributed by atoms with Gasteiger partial charge in [-0.05, 0) is 42.5 Å². The van der Waals surface area contributed by atoms with E-state index in [1.807, 2.05) is 6.07 Å². The molecule has 2 atom stereocenters. The van der Waals surface area contributed by atoms with Gasteiger partial charge in [0, 0.05) is 16.6 Å². The molecule has 0 saturated heterocycles. The maximum absolute atomic E-state index is 3.67. The molecule has 0 aliphatic heterocycles. The first-order valence-corrected chi connectivity index (χ1v) is 8.38. The zero-order chi connectivity index (χ0) is 15.4. The first-order valence-electron chi connectivity index (χ1n) is 7.59. The van der Waals surface area contributed by atoms with Gasteiger partial charge in [0.1, 0.15) is 0 Å². The molecular formula is C19H24BrN. The molecule has 21 heavy (non-hydrogen) atoms. The average Bonchev–Trinajstić information content (AvgIpc) is 2.47. The van der Waals surface area contributed by atoms with Crippen LogP contribution in [0.2, 0.25) is 0 Å². The summed E-state index contributed by atoms with van der Waals surface area (Å²) in [5, 5.41) is 3.67. The van der Waals surface area contributed by atoms with Gasteiger partial charge in [-0.25, -0.2) is 0 Å². The molecule has 2 unspecified atom stereocenters. The standard InChI is InChI=1S/C19H24BrN/c1-13(2)16-9-11-17(12-10-16)14(3)21-15(4)18-7-5-6-8-19(18)20/h5-15,21H,1-4H3. The van der Waals surface area contributed by atoms with Gasteiger partial charge in [0.2, 0.25) is 0 Å². The summed E-state index contributed by atoms with van der Waals surface area (Å²) in [4.78, 5) is 0. The van der Waals surface area contributed by atoms with Crippen LogP contribution < -0.4 is 5.32 Å². The molecule has 0 saturated carbocycles. The fraction of sp³-hybridized carbons (Fsp3) is 0.368. The molecular weight excluding hydrogens is 322 g/mol. The van der Waals surface area contributed by atoms with Gasteiger partial charge in [0.25, 0.3) is 0 Å². The summed E-state index contributed by atoms with van der Waals surface area (Å²) in [7, 11) is 0. The van der Waals surface area contributed by atoms with Crippen LogP contribution in [0.4, 0.5) is 0 Å². The van der Waals surface area contributed by atoms with Gasteiger partial charge in [-0.2, -0.15) is 0 Å². The maximum Gasteiger partial charge on any atom is 0.0308 e. The molecule has 112 valence electrons. The first-order chi connectivity index (χ1) is 9.99. The maximum atomic E-state index is 3.67. The minimum absolute atomic E-state index is 0.306. The number of halogens is 1. The SMILES string of the molecule is CC(C)c1ccc(C(C)NC(C)c2ccccc2Br)cc1. The largest absolute Gasteiger partial charge is 0.304 e. The Morgan fingerprint density at radius 2 is 1.33 bits per heavy atom. The van der Waals surface area contributed by atoms with Crippen LogP contribution in [0, 0.1) is 0 Å². The number of hydrogen-bond donors (Lipinski definition) is 1. The highest BCUT2D eigenvalue weighted by molar-refractivity contribution is 9.10. The molecule has 0 bridgehead atoms. The summed E-state index contributed by atoms with van der Waals surface area (Å²) in [6.45, 7) is 8.88. The normalized spacial score (nSPS) is 14.2. The Hall–Kier alpha value is -1.12. The predicted octanol–water partition coefficient (Wildman–Crippen LogP) is 5.98. The Bertz CT molecular complexity index is 574. The van der Waals surface area contributed by atoms with Gasteiger partial charge in [-0.15, -0.1) is 0 Å². The summed E-state index contributed by atoms with van der Waals surface area (Å²) in [6, 6.07) is 18.0. The van der Waals surface area contributed by atoms with Crippen LogP contribution in [0.25, 0.3) is 0 Å². The second kappa shape index (κ2) is 7.24. The van der Waals surface area contributed by atoms with E-state index in [2.05, 4.69) is 91.4 Å². The summed E-state index contributed by atoms with van der Waals surface area (Å²) in [5.41, 5.74) is 4.02. The zero-order valence-corrected chi connectivity index (χ0v) is 14.8. The lowest BCUT2D eigenvalue weighted by Crippen LogP contribution is -2.22. The predicted molar refractivity (Wildman–Crippen MR) is 94.6 cm³/mol. The molecule has 2 aromatic carbocycles. The van der Waals surface area contributed by atoms with Crippen molar-refractivity contribution in [2.24, 2.45) is 0 Å². The molecule has 2 aromatic rings. The van der Waals surface area contributed by atoms with E-state index >= 15 is 0 Å². The zero-order valence-electron chi connectivity index (χ0n) is 13.2. The molecule has 0 aliphatic rings. The van der Waals surface area contributed by atoms with Gasteiger partial charge in [0.15, 0.2) is 0 Å². The fourth-order valence-corrected chi connectivity index (χ4v) is 3.19. The molecule has 0 aliphatic carbocycles. The van der Waals surface area contributed by atoms with Gasteiger partial charge < -0.3 is 5.32 Å². The second-order valence-electron chi connectivity index (χ2n) is 5.95. The third-order valence-electron chi connectivity index (χ3n) is 3.97. The van der Waals surface area contributed by atoms with E-state index in [4.69, 9.17) is 0 Å². The summed E-state index contributed by atoms with van der Waals surface area (Å²) >= 11 is 3.63. The Morgan fingerprint density at radius 1 is 0.762 bits per heavy atom. The molecule has 2 rings (SSSR count). The minimum atomic E-state index is 0.306. The highest BCUT2D eigenvalue weighted by atomic mass is 79.9. The molecule has 2 heteroatoms. The van der Waals surface area contributed by atoms with Crippen molar-refractivity contribution < 1.29 is 0 Å². The average molecular weight is 346 g/mol. The van der Waals surface area contributed by atoms with Gasteiger partial charge >= 0.3 is 0 Å². The molecule has 1 nitrogen and oxygen atoms in total. The lowest BCUT2D eigenvalue weighted by molar-refractivity contribution is 0.493. The van der Waals surface area contributed by atoms with Crippen LogP contribution >= 0.6 is 15.9 Å². The van der Waals surface area contributed by atoms with Crippen molar-refractivity contribution >= 4 is 15.9 Å². The number of benzene rings is 2. The van der Waals surface area contributed by atoms with Gasteiger partial charge in [-0.3, -0.25) is 0 Å². The van der Waals surface area contributed by atoms with Crippen LogP contribution in [0.5, 0.6) is 0 Å². The topological polar surface area (TPSA) is 12.0 Å². The number of nitrogens with one attached hydrogen (secondary N) is 1. The molecule has 1 N–H and O–H groups in total. The highest BCUT2D eigenvalue weighted by Gasteiger charge is 2.13. The quantitative estimate of drug-likeness (QED) is 0.702. The lowest BCUT2D eigenvalue weighted by Gasteiger charge is -2.22. The van der Waals surface area contributed by atoms with Crippen LogP contribution in [0.15, 0.2) is 53.0 Å². The van der Waals surface area contributed by atoms with Crippen LogP contribution in [-0.2, 0) is 0 Å². The molecule has 0 fully saturated rings. The first kappa shape index (κ1) is 16.3. The van der Waals surface area contributed by atoms with Crippen molar-refractivity contribution in [1.29, 1.82) is 0 Å². The Balaban J connectivity index is 2.07. The van der Waals surface area contributed by atoms with Crippen molar-refractivity contribution in [3.8, 4) is 0 Å². The van der Waals surface area contributed by atoms with E-state index in [1.54, 1.807) is 0 Å². The van der Waals surface area contributed by atoms with Crippen molar-refractivity contribution in [1.82, 2.24) is 5.32 Å². The second-order valence-corrected chi connectivity index (χ2v) is 6.81. The van der Waals surface area contributed by atoms with Crippen LogP contribution in [0.1, 0.15) is 62.4 Å². The van der Waals surface area contributed by atoms with Crippen LogP contribution in [0.3, 0.4) is 0 Å². The smallest absolute Gasteiger partial charge is 0.0308 e. The highest BCUT2D eigenvalue weighted by Crippen LogP contribution is 2.26. The third-order valence-corrected chi connectivity index (χ3v) is 4.70. The van der Waals surface area contributed by atoms with Crippen molar-refractivity contribution in [2.75, 3.05) is 0 Å². The molecule has 0 amide bonds. The van der Waals surface area contributed by atoms with Crippen LogP contribution in [-0.4, -0.2) is 0 Å². The van der Waals surface area contributed by atoms with Crippen molar-refractivity contribution in [3.05, 3.63) is 69.7 Å². The molecule has 0 spiro atoms. The van der Waals surface area contributed by atoms with E-state index in [0.29, 0.717) is 18.0 Å². The van der Waals surface area contributed by atoms with Gasteiger partial charge in [0.05, 0.1) is 0 Å². The van der Waals surface area contributed by atoms with Gasteiger partial charge in [-0.1, -0.05) is 72.2 Å². The van der Waals surface area contributed by atoms with E-state index in [1.165, 1.54) is 16.7 Å². The third kappa shape index (κ3) is 4.18. The molecule has 0 heterocycles. The fourth-order valence-electron chi connectivity index (χ4n) is 2.56. The van der Waals surface area contributed by atoms with E-state index in [0.717, 1.165) is 4.47 Å². The van der Waals surface area contributed by atoms with Crippen molar-refractivity contribution in [2.45, 2.75) is 45.7 Å². The van der Waals surface area contributed by atoms with E-state index < -0.39 is 0 Å². The molecule has 0 radical (unpaired) electrons. The minimum Gasteiger partial charge on any atom is -0.304 e. The summed E-state index contributed by atoms with van der Waals surface area (Å²) < 4.78 is 1.16. The Labute approximate surface area is 136 Å². The monoisotopic (exact) mass is 345 g/mol. The summed E-state index contributed by atoms with van der Waals surface area (Å²) in [5.74, 6) is 0.585. The van der Waals surface area contributed by atoms with E-state index in [-0.39, 0.29) is 0 Å². The lowest BCUT2D eigenvalue weighted by atomic mass is 9.99. The van der Waals surface area contributed by atoms with Crippen molar-refractivity contribution in [3.63, 3.8) is 0 Å². The Morgan fingerprint density at radius 3 is 1.90 bits per heavy atom. The summed E-state index contributed by atoms with van der Waals surface area (Å²) in [6.07, 6.45) is 0.